The summed E-state index contributed by atoms with van der Waals surface area (Å²) in [6.45, 7) is 0.619. The van der Waals surface area contributed by atoms with E-state index >= 15 is 0 Å². The van der Waals surface area contributed by atoms with Crippen molar-refractivity contribution in [3.8, 4) is 11.5 Å². The lowest BCUT2D eigenvalue weighted by atomic mass is 10.1. The minimum absolute atomic E-state index is 0.0449. The number of nitrogens with zero attached hydrogens (tertiary/aromatic N) is 1. The van der Waals surface area contributed by atoms with Gasteiger partial charge in [0, 0.05) is 25.6 Å². The van der Waals surface area contributed by atoms with E-state index in [0.717, 1.165) is 22.6 Å². The Kier molecular flexibility index (Phi) is 4.85. The van der Waals surface area contributed by atoms with E-state index in [2.05, 4.69) is 5.32 Å². The average Bonchev–Trinajstić information content (AvgIpc) is 2.94. The van der Waals surface area contributed by atoms with Gasteiger partial charge in [0.05, 0.1) is 7.11 Å². The van der Waals surface area contributed by atoms with E-state index in [4.69, 9.17) is 4.74 Å². The van der Waals surface area contributed by atoms with Crippen LogP contribution in [0.15, 0.2) is 36.4 Å². The van der Waals surface area contributed by atoms with Crippen LogP contribution in [0.4, 0.5) is 14.5 Å². The maximum absolute atomic E-state index is 13.9. The van der Waals surface area contributed by atoms with E-state index in [1.54, 1.807) is 12.1 Å². The van der Waals surface area contributed by atoms with Crippen molar-refractivity contribution >= 4 is 11.6 Å². The number of phenols is 1. The predicted molar refractivity (Wildman–Crippen MR) is 88.6 cm³/mol. The standard InChI is InChI=1S/C18H18F2N2O3/c1-25-16-7-11(5-6-15(16)23)9-21-12-8-17(24)22(10-12)18-13(19)3-2-4-14(18)20/h2-7,12,21,23H,8-10H2,1H3/t12-/m1/s1. The van der Waals surface area contributed by atoms with Gasteiger partial charge in [-0.25, -0.2) is 8.78 Å². The Morgan fingerprint density at radius 3 is 2.68 bits per heavy atom. The van der Waals surface area contributed by atoms with Gasteiger partial charge >= 0.3 is 0 Å². The quantitative estimate of drug-likeness (QED) is 0.872. The summed E-state index contributed by atoms with van der Waals surface area (Å²) in [7, 11) is 1.46. The summed E-state index contributed by atoms with van der Waals surface area (Å²) in [5.41, 5.74) is 0.556. The van der Waals surface area contributed by atoms with Gasteiger partial charge in [-0.3, -0.25) is 4.79 Å². The third-order valence-electron chi connectivity index (χ3n) is 4.17. The van der Waals surface area contributed by atoms with Gasteiger partial charge < -0.3 is 20.1 Å². The van der Waals surface area contributed by atoms with Crippen molar-refractivity contribution in [1.82, 2.24) is 5.32 Å². The summed E-state index contributed by atoms with van der Waals surface area (Å²) in [6, 6.07) is 8.25. The number of ether oxygens (including phenoxy) is 1. The van der Waals surface area contributed by atoms with Gasteiger partial charge in [0.25, 0.3) is 0 Å². The summed E-state index contributed by atoms with van der Waals surface area (Å²) in [4.78, 5) is 13.3. The zero-order valence-corrected chi connectivity index (χ0v) is 13.6. The molecule has 1 aliphatic rings. The lowest BCUT2D eigenvalue weighted by Gasteiger charge is -2.18. The number of nitrogens with one attached hydrogen (secondary N) is 1. The Morgan fingerprint density at radius 1 is 1.28 bits per heavy atom. The van der Waals surface area contributed by atoms with Crippen molar-refractivity contribution in [3.63, 3.8) is 0 Å². The molecule has 2 aromatic carbocycles. The number of rotatable bonds is 5. The summed E-state index contributed by atoms with van der Waals surface area (Å²) in [5, 5.41) is 12.8. The number of hydrogen-bond donors (Lipinski definition) is 2. The molecule has 5 nitrogen and oxygen atoms in total. The largest absolute Gasteiger partial charge is 0.504 e. The van der Waals surface area contributed by atoms with Crippen LogP contribution >= 0.6 is 0 Å². The van der Waals surface area contributed by atoms with Crippen LogP contribution in [-0.4, -0.2) is 30.7 Å². The highest BCUT2D eigenvalue weighted by molar-refractivity contribution is 5.96. The van der Waals surface area contributed by atoms with Crippen molar-refractivity contribution in [2.24, 2.45) is 0 Å². The Bertz CT molecular complexity index is 778. The first-order valence-corrected chi connectivity index (χ1v) is 7.83. The zero-order chi connectivity index (χ0) is 18.0. The van der Waals surface area contributed by atoms with E-state index in [0.29, 0.717) is 12.3 Å². The first-order chi connectivity index (χ1) is 12.0. The molecular formula is C18H18F2N2O3. The lowest BCUT2D eigenvalue weighted by Crippen LogP contribution is -2.33. The minimum Gasteiger partial charge on any atom is -0.504 e. The summed E-state index contributed by atoms with van der Waals surface area (Å²) in [5.74, 6) is -1.43. The van der Waals surface area contributed by atoms with Crippen LogP contribution in [0.25, 0.3) is 0 Å². The second kappa shape index (κ2) is 7.06. The third kappa shape index (κ3) is 3.56. The number of carbonyl (C=O) groups is 1. The number of hydrogen-bond acceptors (Lipinski definition) is 4. The Hall–Kier alpha value is -2.67. The van der Waals surface area contributed by atoms with Gasteiger partial charge in [0.2, 0.25) is 5.91 Å². The molecule has 132 valence electrons. The van der Waals surface area contributed by atoms with Gasteiger partial charge in [-0.1, -0.05) is 12.1 Å². The number of methoxy groups -OCH3 is 1. The van der Waals surface area contributed by atoms with Gasteiger partial charge in [-0.2, -0.15) is 0 Å². The molecule has 2 N–H and O–H groups in total. The normalized spacial score (nSPS) is 17.2. The van der Waals surface area contributed by atoms with Gasteiger partial charge in [0.1, 0.15) is 17.3 Å². The predicted octanol–water partition coefficient (Wildman–Crippen LogP) is 2.57. The number of benzene rings is 2. The highest BCUT2D eigenvalue weighted by Gasteiger charge is 2.33. The number of anilines is 1. The fourth-order valence-electron chi connectivity index (χ4n) is 2.90. The number of para-hydroxylation sites is 1. The highest BCUT2D eigenvalue weighted by Crippen LogP contribution is 2.28. The topological polar surface area (TPSA) is 61.8 Å². The Morgan fingerprint density at radius 2 is 2.00 bits per heavy atom. The molecule has 25 heavy (non-hydrogen) atoms. The fraction of sp³-hybridized carbons (Fsp3) is 0.278. The number of aromatic hydroxyl groups is 1. The minimum atomic E-state index is -0.753. The first-order valence-electron chi connectivity index (χ1n) is 7.83. The molecule has 0 unspecified atom stereocenters. The van der Waals surface area contributed by atoms with Crippen molar-refractivity contribution in [2.75, 3.05) is 18.6 Å². The number of halogens is 2. The van der Waals surface area contributed by atoms with Crippen LogP contribution in [0.2, 0.25) is 0 Å². The molecule has 0 radical (unpaired) electrons. The molecule has 1 saturated heterocycles. The van der Waals surface area contributed by atoms with Gasteiger partial charge in [-0.05, 0) is 29.8 Å². The molecular weight excluding hydrogens is 330 g/mol. The van der Waals surface area contributed by atoms with Gasteiger partial charge in [-0.15, -0.1) is 0 Å². The summed E-state index contributed by atoms with van der Waals surface area (Å²) in [6.07, 6.45) is 0.156. The van der Waals surface area contributed by atoms with E-state index < -0.39 is 11.6 Å². The molecule has 1 atom stereocenters. The lowest BCUT2D eigenvalue weighted by molar-refractivity contribution is -0.117. The molecule has 1 amide bonds. The molecule has 0 bridgehead atoms. The number of amides is 1. The van der Waals surface area contributed by atoms with Gasteiger partial charge in [0.15, 0.2) is 11.5 Å². The molecule has 1 aliphatic heterocycles. The maximum Gasteiger partial charge on any atom is 0.228 e. The van der Waals surface area contributed by atoms with Crippen LogP contribution in [-0.2, 0) is 11.3 Å². The second-order valence-corrected chi connectivity index (χ2v) is 5.86. The monoisotopic (exact) mass is 348 g/mol. The van der Waals surface area contributed by atoms with Crippen LogP contribution in [0.3, 0.4) is 0 Å². The molecule has 1 heterocycles. The summed E-state index contributed by atoms with van der Waals surface area (Å²) < 4.78 is 32.8. The van der Waals surface area contributed by atoms with Crippen molar-refractivity contribution in [2.45, 2.75) is 19.0 Å². The molecule has 1 fully saturated rings. The second-order valence-electron chi connectivity index (χ2n) is 5.86. The molecule has 7 heteroatoms. The molecule has 3 rings (SSSR count). The van der Waals surface area contributed by atoms with Crippen LogP contribution in [0.1, 0.15) is 12.0 Å². The molecule has 0 aromatic heterocycles. The van der Waals surface area contributed by atoms with E-state index in [1.807, 2.05) is 0 Å². The summed E-state index contributed by atoms with van der Waals surface area (Å²) >= 11 is 0. The van der Waals surface area contributed by atoms with E-state index in [9.17, 15) is 18.7 Å². The van der Waals surface area contributed by atoms with Crippen molar-refractivity contribution < 1.29 is 23.4 Å². The SMILES string of the molecule is COc1cc(CN[C@@H]2CC(=O)N(c3c(F)cccc3F)C2)ccc1O. The smallest absolute Gasteiger partial charge is 0.228 e. The molecule has 0 saturated carbocycles. The van der Waals surface area contributed by atoms with Crippen molar-refractivity contribution in [3.05, 3.63) is 53.6 Å². The highest BCUT2D eigenvalue weighted by atomic mass is 19.1. The van der Waals surface area contributed by atoms with Crippen LogP contribution in [0.5, 0.6) is 11.5 Å². The molecule has 0 aliphatic carbocycles. The zero-order valence-electron chi connectivity index (χ0n) is 13.6. The third-order valence-corrected chi connectivity index (χ3v) is 4.17. The van der Waals surface area contributed by atoms with E-state index in [-0.39, 0.29) is 36.4 Å². The van der Waals surface area contributed by atoms with Crippen LogP contribution < -0.4 is 15.0 Å². The Balaban J connectivity index is 1.67. The maximum atomic E-state index is 13.9. The Labute approximate surface area is 143 Å². The fourth-order valence-corrected chi connectivity index (χ4v) is 2.90. The number of phenolic OH excluding ortho intramolecular Hbond substituents is 1. The van der Waals surface area contributed by atoms with E-state index in [1.165, 1.54) is 19.2 Å². The number of carbonyl (C=O) groups excluding carboxylic acids is 1. The molecule has 2 aromatic rings. The first kappa shape index (κ1) is 17.2. The van der Waals surface area contributed by atoms with Crippen molar-refractivity contribution in [1.29, 1.82) is 0 Å². The average molecular weight is 348 g/mol. The van der Waals surface area contributed by atoms with Crippen LogP contribution in [0, 0.1) is 11.6 Å². The molecule has 0 spiro atoms.